The molecule has 20 heavy (non-hydrogen) atoms. The first-order valence-electron chi connectivity index (χ1n) is 6.73. The Morgan fingerprint density at radius 2 is 1.40 bits per heavy atom. The number of likely N-dealkylation sites (N-methyl/N-ethyl adjacent to an activating group) is 1. The smallest absolute Gasteiger partial charge is 0.0563 e. The summed E-state index contributed by atoms with van der Waals surface area (Å²) in [5, 5.41) is 8.58. The zero-order valence-electron chi connectivity index (χ0n) is 11.4. The summed E-state index contributed by atoms with van der Waals surface area (Å²) in [7, 11) is 1.95. The Morgan fingerprint density at radius 3 is 1.90 bits per heavy atom. The second kappa shape index (κ2) is 5.66. The highest BCUT2D eigenvalue weighted by atomic mass is 35.5. The van der Waals surface area contributed by atoms with Gasteiger partial charge >= 0.3 is 0 Å². The molecule has 0 unspecified atom stereocenters. The van der Waals surface area contributed by atoms with E-state index in [1.54, 1.807) is 0 Å². The molecule has 0 atom stereocenters. The quantitative estimate of drug-likeness (QED) is 0.675. The largest absolute Gasteiger partial charge is 0.316 e. The van der Waals surface area contributed by atoms with Crippen molar-refractivity contribution in [2.45, 2.75) is 0 Å². The van der Waals surface area contributed by atoms with Crippen molar-refractivity contribution in [3.8, 4) is 0 Å². The van der Waals surface area contributed by atoms with Crippen LogP contribution >= 0.6 is 11.6 Å². The lowest BCUT2D eigenvalue weighted by molar-refractivity contribution is 0.922. The molecule has 0 fully saturated rings. The molecular weight excluding hydrogens is 266 g/mol. The molecule has 1 N–H and O–H groups in total. The van der Waals surface area contributed by atoms with E-state index in [0.29, 0.717) is 0 Å². The summed E-state index contributed by atoms with van der Waals surface area (Å²) in [6, 6.07) is 16.6. The van der Waals surface area contributed by atoms with Crippen LogP contribution < -0.4 is 5.32 Å². The Bertz CT molecular complexity index is 733. The van der Waals surface area contributed by atoms with E-state index in [-0.39, 0.29) is 0 Å². The van der Waals surface area contributed by atoms with Crippen molar-refractivity contribution in [3.05, 3.63) is 65.2 Å². The zero-order valence-corrected chi connectivity index (χ0v) is 12.1. The molecule has 0 radical (unpaired) electrons. The van der Waals surface area contributed by atoms with Crippen molar-refractivity contribution < 1.29 is 0 Å². The first-order valence-corrected chi connectivity index (χ1v) is 7.11. The molecule has 3 aromatic rings. The van der Waals surface area contributed by atoms with Crippen LogP contribution in [0, 0.1) is 0 Å². The standard InChI is InChI=1S/C18H16ClN/c1-20-12-6-11-13-14-7-2-4-9-16(14)18(19)17-10-5-3-8-15(13)17/h2-11,20H,12H2,1H3. The molecule has 0 aliphatic carbocycles. The maximum Gasteiger partial charge on any atom is 0.0563 e. The molecule has 100 valence electrons. The van der Waals surface area contributed by atoms with Gasteiger partial charge in [-0.3, -0.25) is 0 Å². The second-order valence-electron chi connectivity index (χ2n) is 4.78. The Hall–Kier alpha value is -1.83. The van der Waals surface area contributed by atoms with Crippen LogP contribution in [0.15, 0.2) is 54.6 Å². The molecule has 3 aromatic carbocycles. The molecular formula is C18H16ClN. The Labute approximate surface area is 123 Å². The Morgan fingerprint density at radius 1 is 0.900 bits per heavy atom. The number of nitrogens with one attached hydrogen (secondary N) is 1. The fourth-order valence-corrected chi connectivity index (χ4v) is 2.91. The van der Waals surface area contributed by atoms with Gasteiger partial charge in [0, 0.05) is 17.3 Å². The summed E-state index contributed by atoms with van der Waals surface area (Å²) in [5.74, 6) is 0. The second-order valence-corrected chi connectivity index (χ2v) is 5.16. The zero-order chi connectivity index (χ0) is 13.9. The van der Waals surface area contributed by atoms with Gasteiger partial charge in [-0.15, -0.1) is 0 Å². The molecule has 0 aromatic heterocycles. The normalized spacial score (nSPS) is 11.7. The van der Waals surface area contributed by atoms with Crippen molar-refractivity contribution in [2.24, 2.45) is 0 Å². The summed E-state index contributed by atoms with van der Waals surface area (Å²) < 4.78 is 0. The van der Waals surface area contributed by atoms with E-state index in [9.17, 15) is 0 Å². The van der Waals surface area contributed by atoms with Gasteiger partial charge in [0.1, 0.15) is 0 Å². The number of fused-ring (bicyclic) bond motifs is 2. The van der Waals surface area contributed by atoms with Gasteiger partial charge in [-0.1, -0.05) is 72.3 Å². The Kier molecular flexibility index (Phi) is 3.72. The molecule has 0 bridgehead atoms. The average Bonchev–Trinajstić information content (AvgIpc) is 2.51. The lowest BCUT2D eigenvalue weighted by Gasteiger charge is -2.11. The Balaban J connectivity index is 2.40. The summed E-state index contributed by atoms with van der Waals surface area (Å²) in [6.45, 7) is 0.852. The molecule has 0 heterocycles. The van der Waals surface area contributed by atoms with Crippen LogP contribution in [-0.4, -0.2) is 13.6 Å². The fourth-order valence-electron chi connectivity index (χ4n) is 2.58. The molecule has 0 aliphatic rings. The van der Waals surface area contributed by atoms with Gasteiger partial charge in [-0.05, 0) is 23.4 Å². The lowest BCUT2D eigenvalue weighted by atomic mass is 9.96. The van der Waals surface area contributed by atoms with Crippen LogP contribution in [0.2, 0.25) is 5.02 Å². The summed E-state index contributed by atoms with van der Waals surface area (Å²) in [5.41, 5.74) is 1.23. The maximum atomic E-state index is 6.57. The predicted molar refractivity (Wildman–Crippen MR) is 89.4 cm³/mol. The predicted octanol–water partition coefficient (Wildman–Crippen LogP) is 4.88. The van der Waals surface area contributed by atoms with Crippen LogP contribution in [0.25, 0.3) is 27.6 Å². The van der Waals surface area contributed by atoms with Crippen LogP contribution in [0.5, 0.6) is 0 Å². The molecule has 3 rings (SSSR count). The molecule has 0 saturated carbocycles. The SMILES string of the molecule is CNCC=Cc1c2ccccc2c(Cl)c2ccccc12. The number of halogens is 1. The van der Waals surface area contributed by atoms with E-state index in [0.717, 1.165) is 22.3 Å². The highest BCUT2D eigenvalue weighted by Crippen LogP contribution is 2.36. The number of rotatable bonds is 3. The molecule has 2 heteroatoms. The maximum absolute atomic E-state index is 6.57. The third-order valence-electron chi connectivity index (χ3n) is 3.51. The van der Waals surface area contributed by atoms with E-state index >= 15 is 0 Å². The molecule has 1 nitrogen and oxygen atoms in total. The highest BCUT2D eigenvalue weighted by Gasteiger charge is 2.09. The topological polar surface area (TPSA) is 12.0 Å². The van der Waals surface area contributed by atoms with Crippen LogP contribution in [0.4, 0.5) is 0 Å². The van der Waals surface area contributed by atoms with Crippen molar-refractivity contribution in [1.82, 2.24) is 5.32 Å². The van der Waals surface area contributed by atoms with E-state index in [1.807, 2.05) is 19.2 Å². The lowest BCUT2D eigenvalue weighted by Crippen LogP contribution is -2.03. The van der Waals surface area contributed by atoms with Gasteiger partial charge in [-0.25, -0.2) is 0 Å². The first kappa shape index (κ1) is 13.2. The highest BCUT2D eigenvalue weighted by molar-refractivity contribution is 6.41. The van der Waals surface area contributed by atoms with Crippen molar-refractivity contribution >= 4 is 39.2 Å². The number of hydrogen-bond acceptors (Lipinski definition) is 1. The summed E-state index contributed by atoms with van der Waals surface area (Å²) in [4.78, 5) is 0. The van der Waals surface area contributed by atoms with E-state index in [1.165, 1.54) is 16.3 Å². The first-order chi connectivity index (χ1) is 9.83. The molecule has 0 saturated heterocycles. The van der Waals surface area contributed by atoms with Gasteiger partial charge in [0.25, 0.3) is 0 Å². The van der Waals surface area contributed by atoms with E-state index in [2.05, 4.69) is 53.9 Å². The van der Waals surface area contributed by atoms with E-state index in [4.69, 9.17) is 11.6 Å². The van der Waals surface area contributed by atoms with Gasteiger partial charge in [-0.2, -0.15) is 0 Å². The van der Waals surface area contributed by atoms with Crippen LogP contribution in [0.1, 0.15) is 5.56 Å². The van der Waals surface area contributed by atoms with Crippen molar-refractivity contribution in [1.29, 1.82) is 0 Å². The minimum Gasteiger partial charge on any atom is -0.316 e. The van der Waals surface area contributed by atoms with Gasteiger partial charge in [0.2, 0.25) is 0 Å². The van der Waals surface area contributed by atoms with Crippen molar-refractivity contribution in [3.63, 3.8) is 0 Å². The van der Waals surface area contributed by atoms with Crippen molar-refractivity contribution in [2.75, 3.05) is 13.6 Å². The minimum atomic E-state index is 0.835. The monoisotopic (exact) mass is 281 g/mol. The number of benzene rings is 3. The molecule has 0 amide bonds. The third-order valence-corrected chi connectivity index (χ3v) is 3.92. The van der Waals surface area contributed by atoms with Crippen LogP contribution in [0.3, 0.4) is 0 Å². The average molecular weight is 282 g/mol. The summed E-state index contributed by atoms with van der Waals surface area (Å²) >= 11 is 6.57. The third kappa shape index (κ3) is 2.20. The number of hydrogen-bond donors (Lipinski definition) is 1. The van der Waals surface area contributed by atoms with Gasteiger partial charge in [0.05, 0.1) is 5.02 Å². The molecule has 0 spiro atoms. The minimum absolute atomic E-state index is 0.835. The summed E-state index contributed by atoms with van der Waals surface area (Å²) in [6.07, 6.45) is 4.32. The van der Waals surface area contributed by atoms with Gasteiger partial charge in [0.15, 0.2) is 0 Å². The van der Waals surface area contributed by atoms with E-state index < -0.39 is 0 Å². The van der Waals surface area contributed by atoms with Crippen LogP contribution in [-0.2, 0) is 0 Å². The fraction of sp³-hybridized carbons (Fsp3) is 0.111. The molecule has 0 aliphatic heterocycles. The van der Waals surface area contributed by atoms with Gasteiger partial charge < -0.3 is 5.32 Å².